The Bertz CT molecular complexity index is 729. The van der Waals surface area contributed by atoms with Crippen LogP contribution in [0.25, 0.3) is 0 Å². The third-order valence-electron chi connectivity index (χ3n) is 3.17. The fourth-order valence-electron chi connectivity index (χ4n) is 1.82. The Morgan fingerprint density at radius 3 is 2.48 bits per heavy atom. The molecule has 0 aliphatic carbocycles. The van der Waals surface area contributed by atoms with Crippen LogP contribution in [0.5, 0.6) is 0 Å². The Kier molecular flexibility index (Phi) is 4.37. The number of hydrogen-bond acceptors (Lipinski definition) is 3. The molecule has 0 aliphatic rings. The number of amides is 1. The molecule has 0 heterocycles. The first-order valence-electron chi connectivity index (χ1n) is 6.21. The highest BCUT2D eigenvalue weighted by Crippen LogP contribution is 2.26. The minimum absolute atomic E-state index is 0.136. The van der Waals surface area contributed by atoms with E-state index in [0.717, 1.165) is 11.1 Å². The number of aryl methyl sites for hydroxylation is 2. The van der Waals surface area contributed by atoms with Gasteiger partial charge in [-0.05, 0) is 65.2 Å². The van der Waals surface area contributed by atoms with Crippen LogP contribution in [0, 0.1) is 24.0 Å². The number of carbonyl (C=O) groups excluding carboxylic acids is 1. The van der Waals surface area contributed by atoms with E-state index in [4.69, 9.17) is 0 Å². The standard InChI is InChI=1S/C15H13BrN2O3/c1-9-3-5-12(7-10(9)2)17-15(19)11-4-6-13(16)14(8-11)18(20)21/h3-8H,1-2H3,(H,17,19). The van der Waals surface area contributed by atoms with Crippen molar-refractivity contribution in [2.24, 2.45) is 0 Å². The van der Waals surface area contributed by atoms with Crippen LogP contribution in [0.1, 0.15) is 21.5 Å². The summed E-state index contributed by atoms with van der Waals surface area (Å²) in [5.74, 6) is -0.381. The summed E-state index contributed by atoms with van der Waals surface area (Å²) in [6, 6.07) is 9.85. The fraction of sp³-hybridized carbons (Fsp3) is 0.133. The first-order valence-corrected chi connectivity index (χ1v) is 7.00. The summed E-state index contributed by atoms with van der Waals surface area (Å²) >= 11 is 3.09. The minimum atomic E-state index is -0.531. The zero-order valence-electron chi connectivity index (χ0n) is 11.5. The molecule has 0 fully saturated rings. The number of nitrogens with one attached hydrogen (secondary N) is 1. The molecule has 2 aromatic rings. The molecule has 21 heavy (non-hydrogen) atoms. The molecule has 6 heteroatoms. The Morgan fingerprint density at radius 2 is 1.86 bits per heavy atom. The molecule has 0 atom stereocenters. The van der Waals surface area contributed by atoms with E-state index in [1.165, 1.54) is 18.2 Å². The lowest BCUT2D eigenvalue weighted by Gasteiger charge is -2.08. The maximum absolute atomic E-state index is 12.1. The highest BCUT2D eigenvalue weighted by molar-refractivity contribution is 9.10. The Hall–Kier alpha value is -2.21. The number of halogens is 1. The summed E-state index contributed by atoms with van der Waals surface area (Å²) in [6.07, 6.45) is 0. The highest BCUT2D eigenvalue weighted by Gasteiger charge is 2.16. The number of nitro benzene ring substituents is 1. The fourth-order valence-corrected chi connectivity index (χ4v) is 2.21. The lowest BCUT2D eigenvalue weighted by molar-refractivity contribution is -0.385. The summed E-state index contributed by atoms with van der Waals surface area (Å²) < 4.78 is 0.343. The van der Waals surface area contributed by atoms with Crippen LogP contribution in [-0.4, -0.2) is 10.8 Å². The van der Waals surface area contributed by atoms with Gasteiger partial charge in [-0.25, -0.2) is 0 Å². The van der Waals surface area contributed by atoms with Gasteiger partial charge in [0, 0.05) is 17.3 Å². The molecule has 2 rings (SSSR count). The van der Waals surface area contributed by atoms with Crippen LogP contribution >= 0.6 is 15.9 Å². The molecule has 0 bridgehead atoms. The van der Waals surface area contributed by atoms with Crippen molar-refractivity contribution < 1.29 is 9.72 Å². The first-order chi connectivity index (χ1) is 9.88. The Balaban J connectivity index is 2.26. The molecular weight excluding hydrogens is 336 g/mol. The molecular formula is C15H13BrN2O3. The van der Waals surface area contributed by atoms with Crippen LogP contribution in [0.3, 0.4) is 0 Å². The number of hydrogen-bond donors (Lipinski definition) is 1. The predicted molar refractivity (Wildman–Crippen MR) is 84.7 cm³/mol. The average molecular weight is 349 g/mol. The van der Waals surface area contributed by atoms with E-state index in [1.54, 1.807) is 6.07 Å². The Morgan fingerprint density at radius 1 is 1.14 bits per heavy atom. The SMILES string of the molecule is Cc1ccc(NC(=O)c2ccc(Br)c([N+](=O)[O-])c2)cc1C. The maximum atomic E-state index is 12.1. The molecule has 0 spiro atoms. The zero-order chi connectivity index (χ0) is 15.6. The molecule has 0 saturated carbocycles. The second-order valence-electron chi connectivity index (χ2n) is 4.68. The monoisotopic (exact) mass is 348 g/mol. The smallest absolute Gasteiger partial charge is 0.284 e. The largest absolute Gasteiger partial charge is 0.322 e. The van der Waals surface area contributed by atoms with Crippen molar-refractivity contribution in [2.75, 3.05) is 5.32 Å². The van der Waals surface area contributed by atoms with Gasteiger partial charge in [-0.15, -0.1) is 0 Å². The summed E-state index contributed by atoms with van der Waals surface area (Å²) in [5, 5.41) is 13.6. The van der Waals surface area contributed by atoms with E-state index in [-0.39, 0.29) is 17.2 Å². The van der Waals surface area contributed by atoms with Crippen molar-refractivity contribution in [1.82, 2.24) is 0 Å². The molecule has 2 aromatic carbocycles. The van der Waals surface area contributed by atoms with Crippen LogP contribution in [0.2, 0.25) is 0 Å². The summed E-state index contributed by atoms with van der Waals surface area (Å²) in [6.45, 7) is 3.94. The number of anilines is 1. The van der Waals surface area contributed by atoms with Gasteiger partial charge in [0.05, 0.1) is 9.40 Å². The van der Waals surface area contributed by atoms with E-state index in [9.17, 15) is 14.9 Å². The summed E-state index contributed by atoms with van der Waals surface area (Å²) in [4.78, 5) is 22.5. The molecule has 0 saturated heterocycles. The van der Waals surface area contributed by atoms with Crippen molar-refractivity contribution in [3.63, 3.8) is 0 Å². The molecule has 0 unspecified atom stereocenters. The zero-order valence-corrected chi connectivity index (χ0v) is 13.1. The van der Waals surface area contributed by atoms with Crippen molar-refractivity contribution in [3.8, 4) is 0 Å². The number of nitrogens with zero attached hydrogens (tertiary/aromatic N) is 1. The van der Waals surface area contributed by atoms with Crippen molar-refractivity contribution in [3.05, 3.63) is 67.7 Å². The van der Waals surface area contributed by atoms with Gasteiger partial charge in [0.15, 0.2) is 0 Å². The predicted octanol–water partition coefficient (Wildman–Crippen LogP) is 4.23. The molecule has 1 N–H and O–H groups in total. The molecule has 1 amide bonds. The van der Waals surface area contributed by atoms with E-state index in [2.05, 4.69) is 21.2 Å². The van der Waals surface area contributed by atoms with Crippen molar-refractivity contribution in [2.45, 2.75) is 13.8 Å². The highest BCUT2D eigenvalue weighted by atomic mass is 79.9. The summed E-state index contributed by atoms with van der Waals surface area (Å²) in [5.41, 5.74) is 2.96. The topological polar surface area (TPSA) is 72.2 Å². The first kappa shape index (κ1) is 15.2. The van der Waals surface area contributed by atoms with E-state index < -0.39 is 4.92 Å². The Labute approximate surface area is 130 Å². The van der Waals surface area contributed by atoms with Gasteiger partial charge in [-0.3, -0.25) is 14.9 Å². The van der Waals surface area contributed by atoms with Crippen molar-refractivity contribution >= 4 is 33.2 Å². The van der Waals surface area contributed by atoms with Gasteiger partial charge >= 0.3 is 0 Å². The molecule has 0 aliphatic heterocycles. The van der Waals surface area contributed by atoms with Gasteiger partial charge in [0.25, 0.3) is 11.6 Å². The van der Waals surface area contributed by atoms with Gasteiger partial charge in [0.1, 0.15) is 0 Å². The van der Waals surface area contributed by atoms with Gasteiger partial charge in [-0.1, -0.05) is 6.07 Å². The minimum Gasteiger partial charge on any atom is -0.322 e. The van der Waals surface area contributed by atoms with Gasteiger partial charge < -0.3 is 5.32 Å². The summed E-state index contributed by atoms with van der Waals surface area (Å²) in [7, 11) is 0. The quantitative estimate of drug-likeness (QED) is 0.666. The third-order valence-corrected chi connectivity index (χ3v) is 3.84. The second kappa shape index (κ2) is 6.05. The van der Waals surface area contributed by atoms with Crippen LogP contribution < -0.4 is 5.32 Å². The third kappa shape index (κ3) is 3.46. The van der Waals surface area contributed by atoms with Gasteiger partial charge in [-0.2, -0.15) is 0 Å². The van der Waals surface area contributed by atoms with Crippen molar-refractivity contribution in [1.29, 1.82) is 0 Å². The molecule has 108 valence electrons. The molecule has 0 aromatic heterocycles. The van der Waals surface area contributed by atoms with E-state index in [0.29, 0.717) is 10.2 Å². The lowest BCUT2D eigenvalue weighted by Crippen LogP contribution is -2.12. The number of rotatable bonds is 3. The molecule has 0 radical (unpaired) electrons. The van der Waals surface area contributed by atoms with Crippen LogP contribution in [-0.2, 0) is 0 Å². The number of nitro groups is 1. The number of benzene rings is 2. The van der Waals surface area contributed by atoms with E-state index in [1.807, 2.05) is 26.0 Å². The molecule has 5 nitrogen and oxygen atoms in total. The maximum Gasteiger partial charge on any atom is 0.284 e. The second-order valence-corrected chi connectivity index (χ2v) is 5.53. The average Bonchev–Trinajstić information content (AvgIpc) is 2.43. The van der Waals surface area contributed by atoms with Crippen LogP contribution in [0.4, 0.5) is 11.4 Å². The van der Waals surface area contributed by atoms with E-state index >= 15 is 0 Å². The van der Waals surface area contributed by atoms with Crippen LogP contribution in [0.15, 0.2) is 40.9 Å². The number of carbonyl (C=O) groups is 1. The normalized spacial score (nSPS) is 10.2. The lowest BCUT2D eigenvalue weighted by atomic mass is 10.1. The van der Waals surface area contributed by atoms with Gasteiger partial charge in [0.2, 0.25) is 0 Å².